The van der Waals surface area contributed by atoms with E-state index in [9.17, 15) is 4.79 Å². The second kappa shape index (κ2) is 4.83. The first-order chi connectivity index (χ1) is 7.78. The molecule has 2 heterocycles. The fourth-order valence-electron chi connectivity index (χ4n) is 2.67. The molecule has 1 fully saturated rings. The van der Waals surface area contributed by atoms with Crippen LogP contribution in [0.25, 0.3) is 0 Å². The third kappa shape index (κ3) is 2.05. The van der Waals surface area contributed by atoms with E-state index < -0.39 is 0 Å². The summed E-state index contributed by atoms with van der Waals surface area (Å²) >= 11 is 0. The molecule has 0 amide bonds. The molecule has 0 radical (unpaired) electrons. The minimum Gasteiger partial charge on any atom is -0.472 e. The number of nitrogens with one attached hydrogen (secondary N) is 1. The molecule has 2 rings (SSSR count). The standard InChI is InChI=1S/C13H19NO2/c1-2-5-13(6-3-7-14-10-13)12(15)11-4-8-16-9-11/h4,8-9,14H,2-3,5-7,10H2,1H3. The van der Waals surface area contributed by atoms with Crippen molar-refractivity contribution in [1.82, 2.24) is 5.32 Å². The molecule has 0 spiro atoms. The Morgan fingerprint density at radius 3 is 3.06 bits per heavy atom. The van der Waals surface area contributed by atoms with Crippen LogP contribution in [0.3, 0.4) is 0 Å². The van der Waals surface area contributed by atoms with E-state index in [-0.39, 0.29) is 11.2 Å². The van der Waals surface area contributed by atoms with Crippen LogP contribution in [0.4, 0.5) is 0 Å². The summed E-state index contributed by atoms with van der Waals surface area (Å²) in [4.78, 5) is 12.5. The van der Waals surface area contributed by atoms with Gasteiger partial charge in [-0.25, -0.2) is 0 Å². The molecule has 0 bridgehead atoms. The van der Waals surface area contributed by atoms with Crippen molar-refractivity contribution in [2.75, 3.05) is 13.1 Å². The van der Waals surface area contributed by atoms with Crippen molar-refractivity contribution in [2.45, 2.75) is 32.6 Å². The zero-order valence-electron chi connectivity index (χ0n) is 9.79. The molecular formula is C13H19NO2. The van der Waals surface area contributed by atoms with Gasteiger partial charge in [0.2, 0.25) is 0 Å². The Balaban J connectivity index is 2.21. The van der Waals surface area contributed by atoms with E-state index in [2.05, 4.69) is 12.2 Å². The van der Waals surface area contributed by atoms with Crippen LogP contribution in [0.2, 0.25) is 0 Å². The van der Waals surface area contributed by atoms with Crippen molar-refractivity contribution in [3.63, 3.8) is 0 Å². The third-order valence-corrected chi connectivity index (χ3v) is 3.47. The van der Waals surface area contributed by atoms with E-state index >= 15 is 0 Å². The summed E-state index contributed by atoms with van der Waals surface area (Å²) in [6.45, 7) is 3.98. The molecule has 1 aromatic heterocycles. The van der Waals surface area contributed by atoms with Crippen LogP contribution in [-0.2, 0) is 0 Å². The number of Topliss-reactive ketones (excluding diaryl/α,β-unsaturated/α-hetero) is 1. The number of hydrogen-bond donors (Lipinski definition) is 1. The Morgan fingerprint density at radius 2 is 2.50 bits per heavy atom. The lowest BCUT2D eigenvalue weighted by atomic mass is 9.72. The summed E-state index contributed by atoms with van der Waals surface area (Å²) in [6.07, 6.45) is 7.23. The van der Waals surface area contributed by atoms with E-state index in [0.717, 1.165) is 44.3 Å². The first-order valence-electron chi connectivity index (χ1n) is 6.06. The average Bonchev–Trinajstić information content (AvgIpc) is 2.83. The monoisotopic (exact) mass is 221 g/mol. The second-order valence-corrected chi connectivity index (χ2v) is 4.65. The van der Waals surface area contributed by atoms with Gasteiger partial charge in [-0.2, -0.15) is 0 Å². The zero-order valence-corrected chi connectivity index (χ0v) is 9.79. The zero-order chi connectivity index (χ0) is 11.4. The van der Waals surface area contributed by atoms with Gasteiger partial charge >= 0.3 is 0 Å². The maximum atomic E-state index is 12.5. The van der Waals surface area contributed by atoms with Gasteiger partial charge < -0.3 is 9.73 Å². The summed E-state index contributed by atoms with van der Waals surface area (Å²) in [5.41, 5.74) is 0.522. The first kappa shape index (κ1) is 11.4. The number of ketones is 1. The minimum absolute atomic E-state index is 0.198. The average molecular weight is 221 g/mol. The fraction of sp³-hybridized carbons (Fsp3) is 0.615. The third-order valence-electron chi connectivity index (χ3n) is 3.47. The quantitative estimate of drug-likeness (QED) is 0.795. The number of carbonyl (C=O) groups is 1. The van der Waals surface area contributed by atoms with E-state index in [1.54, 1.807) is 18.6 Å². The Morgan fingerprint density at radius 1 is 1.62 bits per heavy atom. The van der Waals surface area contributed by atoms with Crippen LogP contribution in [0, 0.1) is 5.41 Å². The molecule has 0 aliphatic carbocycles. The largest absolute Gasteiger partial charge is 0.472 e. The van der Waals surface area contributed by atoms with Crippen molar-refractivity contribution >= 4 is 5.78 Å². The number of carbonyl (C=O) groups excluding carboxylic acids is 1. The minimum atomic E-state index is -0.198. The Bertz CT molecular complexity index is 331. The van der Waals surface area contributed by atoms with Crippen LogP contribution < -0.4 is 5.32 Å². The molecule has 1 unspecified atom stereocenters. The maximum absolute atomic E-state index is 12.5. The molecule has 3 nitrogen and oxygen atoms in total. The maximum Gasteiger partial charge on any atom is 0.173 e. The van der Waals surface area contributed by atoms with Crippen LogP contribution in [0.15, 0.2) is 23.0 Å². The number of furan rings is 1. The van der Waals surface area contributed by atoms with Gasteiger partial charge in [0.15, 0.2) is 5.78 Å². The first-order valence-corrected chi connectivity index (χ1v) is 6.06. The summed E-state index contributed by atoms with van der Waals surface area (Å²) in [7, 11) is 0. The van der Waals surface area contributed by atoms with Crippen molar-refractivity contribution in [2.24, 2.45) is 5.41 Å². The highest BCUT2D eigenvalue weighted by molar-refractivity contribution is 6.00. The van der Waals surface area contributed by atoms with Gasteiger partial charge in [0.25, 0.3) is 0 Å². The smallest absolute Gasteiger partial charge is 0.173 e. The van der Waals surface area contributed by atoms with Crippen LogP contribution in [0.1, 0.15) is 43.0 Å². The molecule has 1 atom stereocenters. The van der Waals surface area contributed by atoms with E-state index in [1.165, 1.54) is 0 Å². The lowest BCUT2D eigenvalue weighted by molar-refractivity contribution is 0.0717. The normalized spacial score (nSPS) is 25.6. The number of rotatable bonds is 4. The molecule has 1 aromatic rings. The Labute approximate surface area is 96.2 Å². The van der Waals surface area contributed by atoms with E-state index in [1.807, 2.05) is 0 Å². The Hall–Kier alpha value is -1.09. The topological polar surface area (TPSA) is 42.2 Å². The summed E-state index contributed by atoms with van der Waals surface area (Å²) in [5, 5.41) is 3.35. The molecule has 1 saturated heterocycles. The van der Waals surface area contributed by atoms with Crippen LogP contribution in [-0.4, -0.2) is 18.9 Å². The van der Waals surface area contributed by atoms with Crippen molar-refractivity contribution in [3.05, 3.63) is 24.2 Å². The van der Waals surface area contributed by atoms with E-state index in [4.69, 9.17) is 4.42 Å². The van der Waals surface area contributed by atoms with Gasteiger partial charge in [0, 0.05) is 12.0 Å². The van der Waals surface area contributed by atoms with Gasteiger partial charge in [-0.3, -0.25) is 4.79 Å². The molecule has 0 saturated carbocycles. The fourth-order valence-corrected chi connectivity index (χ4v) is 2.67. The summed E-state index contributed by atoms with van der Waals surface area (Å²) in [6, 6.07) is 1.77. The van der Waals surface area contributed by atoms with Crippen LogP contribution >= 0.6 is 0 Å². The van der Waals surface area contributed by atoms with Gasteiger partial charge in [-0.15, -0.1) is 0 Å². The molecular weight excluding hydrogens is 202 g/mol. The van der Waals surface area contributed by atoms with Crippen molar-refractivity contribution < 1.29 is 9.21 Å². The van der Waals surface area contributed by atoms with Gasteiger partial charge in [0.05, 0.1) is 11.8 Å². The van der Waals surface area contributed by atoms with Crippen LogP contribution in [0.5, 0.6) is 0 Å². The predicted molar refractivity (Wildman–Crippen MR) is 62.5 cm³/mol. The van der Waals surface area contributed by atoms with E-state index in [0.29, 0.717) is 0 Å². The summed E-state index contributed by atoms with van der Waals surface area (Å²) < 4.78 is 5.01. The SMILES string of the molecule is CCCC1(C(=O)c2ccoc2)CCCNC1. The predicted octanol–water partition coefficient (Wildman–Crippen LogP) is 2.63. The molecule has 16 heavy (non-hydrogen) atoms. The molecule has 1 aliphatic heterocycles. The molecule has 3 heteroatoms. The van der Waals surface area contributed by atoms with Gasteiger partial charge in [-0.1, -0.05) is 13.3 Å². The molecule has 0 aromatic carbocycles. The summed E-state index contributed by atoms with van der Waals surface area (Å²) in [5.74, 6) is 0.246. The van der Waals surface area contributed by atoms with Gasteiger partial charge in [0.1, 0.15) is 6.26 Å². The highest BCUT2D eigenvalue weighted by Crippen LogP contribution is 2.35. The highest BCUT2D eigenvalue weighted by atomic mass is 16.3. The Kier molecular flexibility index (Phi) is 3.44. The highest BCUT2D eigenvalue weighted by Gasteiger charge is 2.39. The van der Waals surface area contributed by atoms with Crippen molar-refractivity contribution in [3.8, 4) is 0 Å². The molecule has 88 valence electrons. The second-order valence-electron chi connectivity index (χ2n) is 4.65. The number of piperidine rings is 1. The van der Waals surface area contributed by atoms with Crippen molar-refractivity contribution in [1.29, 1.82) is 0 Å². The molecule has 1 N–H and O–H groups in total. The lowest BCUT2D eigenvalue weighted by Crippen LogP contribution is -2.45. The number of hydrogen-bond acceptors (Lipinski definition) is 3. The lowest BCUT2D eigenvalue weighted by Gasteiger charge is -2.35. The van der Waals surface area contributed by atoms with Gasteiger partial charge in [-0.05, 0) is 31.9 Å². The molecule has 1 aliphatic rings.